The molecule has 1 heterocycles. The molecule has 5 heteroatoms. The van der Waals surface area contributed by atoms with Crippen LogP contribution in [0.25, 0.3) is 6.08 Å². The molecule has 0 unspecified atom stereocenters. The molecule has 0 bridgehead atoms. The third-order valence-electron chi connectivity index (χ3n) is 4.65. The van der Waals surface area contributed by atoms with Gasteiger partial charge in [-0.2, -0.15) is 0 Å². The van der Waals surface area contributed by atoms with Gasteiger partial charge in [-0.3, -0.25) is 4.79 Å². The van der Waals surface area contributed by atoms with E-state index in [-0.39, 0.29) is 12.5 Å². The third kappa shape index (κ3) is 5.42. The summed E-state index contributed by atoms with van der Waals surface area (Å²) >= 11 is 0. The monoisotopic (exact) mass is 366 g/mol. The van der Waals surface area contributed by atoms with Crippen LogP contribution in [0, 0.1) is 6.92 Å². The Labute approximate surface area is 160 Å². The number of ether oxygens (including phenoxy) is 1. The SMILES string of the molecule is Cc1ccc(C=CC(=O)N[C@H](CO)c2cccc(N3CCOCC3)c2)cc1. The minimum atomic E-state index is -0.443. The molecule has 1 saturated heterocycles. The minimum absolute atomic E-state index is 0.156. The third-order valence-corrected chi connectivity index (χ3v) is 4.65. The molecule has 2 aromatic rings. The lowest BCUT2D eigenvalue weighted by atomic mass is 10.1. The number of aliphatic hydroxyl groups excluding tert-OH is 1. The number of anilines is 1. The Morgan fingerprint density at radius 2 is 1.96 bits per heavy atom. The second-order valence-electron chi connectivity index (χ2n) is 6.68. The number of hydrogen-bond donors (Lipinski definition) is 2. The topological polar surface area (TPSA) is 61.8 Å². The van der Waals surface area contributed by atoms with Crippen molar-refractivity contribution in [2.45, 2.75) is 13.0 Å². The predicted octanol–water partition coefficient (Wildman–Crippen LogP) is 2.69. The van der Waals surface area contributed by atoms with E-state index in [0.717, 1.165) is 29.9 Å². The second kappa shape index (κ2) is 9.35. The number of aliphatic hydroxyl groups is 1. The van der Waals surface area contributed by atoms with Crippen LogP contribution >= 0.6 is 0 Å². The Hall–Kier alpha value is -2.63. The van der Waals surface area contributed by atoms with Gasteiger partial charge in [-0.1, -0.05) is 42.0 Å². The molecule has 1 aliphatic rings. The van der Waals surface area contributed by atoms with Crippen LogP contribution in [0.4, 0.5) is 5.69 Å². The van der Waals surface area contributed by atoms with Crippen LogP contribution in [0.3, 0.4) is 0 Å². The molecule has 3 rings (SSSR count). The average Bonchev–Trinajstić information content (AvgIpc) is 2.72. The van der Waals surface area contributed by atoms with Crippen LogP contribution in [0.2, 0.25) is 0 Å². The maximum Gasteiger partial charge on any atom is 0.244 e. The quantitative estimate of drug-likeness (QED) is 0.772. The lowest BCUT2D eigenvalue weighted by molar-refractivity contribution is -0.117. The van der Waals surface area contributed by atoms with Crippen molar-refractivity contribution < 1.29 is 14.6 Å². The molecular weight excluding hydrogens is 340 g/mol. The highest BCUT2D eigenvalue weighted by atomic mass is 16.5. The summed E-state index contributed by atoms with van der Waals surface area (Å²) in [5, 5.41) is 12.6. The molecule has 2 aromatic carbocycles. The van der Waals surface area contributed by atoms with Crippen LogP contribution in [-0.2, 0) is 9.53 Å². The van der Waals surface area contributed by atoms with Crippen molar-refractivity contribution in [3.05, 3.63) is 71.3 Å². The molecule has 2 N–H and O–H groups in total. The molecule has 0 spiro atoms. The van der Waals surface area contributed by atoms with E-state index in [1.165, 1.54) is 11.6 Å². The molecule has 1 aliphatic heterocycles. The first-order valence-electron chi connectivity index (χ1n) is 9.24. The van der Waals surface area contributed by atoms with Crippen LogP contribution in [0.15, 0.2) is 54.6 Å². The Balaban J connectivity index is 1.65. The van der Waals surface area contributed by atoms with Gasteiger partial charge in [0, 0.05) is 24.9 Å². The summed E-state index contributed by atoms with van der Waals surface area (Å²) in [5.74, 6) is -0.230. The Kier molecular flexibility index (Phi) is 6.63. The van der Waals surface area contributed by atoms with E-state index < -0.39 is 6.04 Å². The average molecular weight is 366 g/mol. The summed E-state index contributed by atoms with van der Waals surface area (Å²) in [6.07, 6.45) is 3.27. The van der Waals surface area contributed by atoms with Crippen molar-refractivity contribution in [1.29, 1.82) is 0 Å². The van der Waals surface area contributed by atoms with Crippen molar-refractivity contribution in [3.8, 4) is 0 Å². The molecule has 27 heavy (non-hydrogen) atoms. The van der Waals surface area contributed by atoms with Crippen molar-refractivity contribution in [2.75, 3.05) is 37.8 Å². The first-order valence-corrected chi connectivity index (χ1v) is 9.24. The highest BCUT2D eigenvalue weighted by molar-refractivity contribution is 5.92. The highest BCUT2D eigenvalue weighted by Crippen LogP contribution is 2.21. The van der Waals surface area contributed by atoms with Crippen molar-refractivity contribution in [1.82, 2.24) is 5.32 Å². The van der Waals surface area contributed by atoms with Gasteiger partial charge >= 0.3 is 0 Å². The summed E-state index contributed by atoms with van der Waals surface area (Å²) in [6, 6.07) is 15.4. The van der Waals surface area contributed by atoms with Crippen molar-refractivity contribution in [2.24, 2.45) is 0 Å². The van der Waals surface area contributed by atoms with E-state index in [4.69, 9.17) is 4.74 Å². The highest BCUT2D eigenvalue weighted by Gasteiger charge is 2.16. The van der Waals surface area contributed by atoms with Gasteiger partial charge in [0.25, 0.3) is 0 Å². The molecular formula is C22H26N2O3. The number of rotatable bonds is 6. The van der Waals surface area contributed by atoms with Crippen molar-refractivity contribution >= 4 is 17.7 Å². The van der Waals surface area contributed by atoms with Crippen LogP contribution in [0.5, 0.6) is 0 Å². The summed E-state index contributed by atoms with van der Waals surface area (Å²) in [6.45, 7) is 4.99. The van der Waals surface area contributed by atoms with E-state index in [9.17, 15) is 9.90 Å². The van der Waals surface area contributed by atoms with E-state index in [0.29, 0.717) is 13.2 Å². The van der Waals surface area contributed by atoms with Crippen LogP contribution in [-0.4, -0.2) is 43.9 Å². The Bertz CT molecular complexity index is 780. The maximum absolute atomic E-state index is 12.3. The van der Waals surface area contributed by atoms with Crippen LogP contribution < -0.4 is 10.2 Å². The smallest absolute Gasteiger partial charge is 0.244 e. The van der Waals surface area contributed by atoms with Gasteiger partial charge < -0.3 is 20.1 Å². The summed E-state index contributed by atoms with van der Waals surface area (Å²) in [5.41, 5.74) is 4.11. The normalized spacial score (nSPS) is 15.7. The fourth-order valence-electron chi connectivity index (χ4n) is 3.06. The van der Waals surface area contributed by atoms with E-state index in [1.807, 2.05) is 55.5 Å². The van der Waals surface area contributed by atoms with Gasteiger partial charge in [0.15, 0.2) is 0 Å². The Morgan fingerprint density at radius 1 is 1.22 bits per heavy atom. The van der Waals surface area contributed by atoms with E-state index in [2.05, 4.69) is 10.2 Å². The van der Waals surface area contributed by atoms with Crippen molar-refractivity contribution in [3.63, 3.8) is 0 Å². The van der Waals surface area contributed by atoms with E-state index >= 15 is 0 Å². The molecule has 142 valence electrons. The summed E-state index contributed by atoms with van der Waals surface area (Å²) in [7, 11) is 0. The van der Waals surface area contributed by atoms with Gasteiger partial charge in [0.2, 0.25) is 5.91 Å². The number of nitrogens with one attached hydrogen (secondary N) is 1. The summed E-state index contributed by atoms with van der Waals surface area (Å²) < 4.78 is 5.40. The number of amides is 1. The first kappa shape index (κ1) is 19.1. The lowest BCUT2D eigenvalue weighted by Gasteiger charge is -2.29. The number of benzene rings is 2. The largest absolute Gasteiger partial charge is 0.394 e. The molecule has 1 amide bonds. The zero-order chi connectivity index (χ0) is 19.1. The maximum atomic E-state index is 12.3. The number of aryl methyl sites for hydroxylation is 1. The van der Waals surface area contributed by atoms with Crippen LogP contribution in [0.1, 0.15) is 22.7 Å². The molecule has 1 atom stereocenters. The predicted molar refractivity (Wildman–Crippen MR) is 108 cm³/mol. The standard InChI is InChI=1S/C22H26N2O3/c1-17-5-7-18(8-6-17)9-10-22(26)23-21(16-25)19-3-2-4-20(15-19)24-11-13-27-14-12-24/h2-10,15,21,25H,11-14,16H2,1H3,(H,23,26)/t21-/m1/s1. The molecule has 0 aromatic heterocycles. The number of nitrogens with zero attached hydrogens (tertiary/aromatic N) is 1. The molecule has 5 nitrogen and oxygen atoms in total. The molecule has 0 saturated carbocycles. The number of hydrogen-bond acceptors (Lipinski definition) is 4. The van der Waals surface area contributed by atoms with Gasteiger partial charge in [-0.25, -0.2) is 0 Å². The fourth-order valence-corrected chi connectivity index (χ4v) is 3.06. The first-order chi connectivity index (χ1) is 13.2. The van der Waals surface area contributed by atoms with Gasteiger partial charge in [0.1, 0.15) is 0 Å². The van der Waals surface area contributed by atoms with Gasteiger partial charge in [-0.15, -0.1) is 0 Å². The zero-order valence-corrected chi connectivity index (χ0v) is 15.6. The lowest BCUT2D eigenvalue weighted by Crippen LogP contribution is -2.36. The number of carbonyl (C=O) groups excluding carboxylic acids is 1. The summed E-state index contributed by atoms with van der Waals surface area (Å²) in [4.78, 5) is 14.5. The molecule has 0 radical (unpaired) electrons. The van der Waals surface area contributed by atoms with E-state index in [1.54, 1.807) is 6.08 Å². The van der Waals surface area contributed by atoms with Gasteiger partial charge in [0.05, 0.1) is 25.9 Å². The Morgan fingerprint density at radius 3 is 2.67 bits per heavy atom. The fraction of sp³-hybridized carbons (Fsp3) is 0.318. The second-order valence-corrected chi connectivity index (χ2v) is 6.68. The molecule has 0 aliphatic carbocycles. The van der Waals surface area contributed by atoms with Gasteiger partial charge in [-0.05, 0) is 36.3 Å². The minimum Gasteiger partial charge on any atom is -0.394 e. The zero-order valence-electron chi connectivity index (χ0n) is 15.6. The number of carbonyl (C=O) groups is 1. The molecule has 1 fully saturated rings. The number of morpholine rings is 1.